The van der Waals surface area contributed by atoms with Crippen molar-refractivity contribution in [2.45, 2.75) is 12.8 Å². The molecule has 0 spiro atoms. The van der Waals surface area contributed by atoms with Gasteiger partial charge in [-0.05, 0) is 30.7 Å². The average Bonchev–Trinajstić information content (AvgIpc) is 2.76. The maximum atomic E-state index is 12.7. The molecule has 0 bridgehead atoms. The van der Waals surface area contributed by atoms with Crippen molar-refractivity contribution in [2.24, 2.45) is 0 Å². The molecule has 1 amide bonds. The minimum atomic E-state index is -0.341. The fourth-order valence-corrected chi connectivity index (χ4v) is 2.69. The van der Waals surface area contributed by atoms with Gasteiger partial charge >= 0.3 is 0 Å². The first kappa shape index (κ1) is 13.1. The SMILES string of the molecule is O=C(CCCN1CCSC1=O)c1ccc(F)cc1. The Hall–Kier alpha value is -1.36. The van der Waals surface area contributed by atoms with E-state index in [0.29, 0.717) is 24.9 Å². The van der Waals surface area contributed by atoms with Crippen LogP contribution in [0.15, 0.2) is 24.3 Å². The van der Waals surface area contributed by atoms with Crippen LogP contribution in [0.2, 0.25) is 0 Å². The monoisotopic (exact) mass is 267 g/mol. The van der Waals surface area contributed by atoms with Crippen LogP contribution in [-0.4, -0.2) is 34.8 Å². The highest BCUT2D eigenvalue weighted by atomic mass is 32.2. The Morgan fingerprint density at radius 3 is 2.67 bits per heavy atom. The summed E-state index contributed by atoms with van der Waals surface area (Å²) in [6.45, 7) is 1.40. The topological polar surface area (TPSA) is 37.4 Å². The Morgan fingerprint density at radius 2 is 2.06 bits per heavy atom. The standard InChI is InChI=1S/C13H14FNO2S/c14-11-5-3-10(4-6-11)12(16)2-1-7-15-8-9-18-13(15)17/h3-6H,1-2,7-9H2. The van der Waals surface area contributed by atoms with E-state index in [-0.39, 0.29) is 16.8 Å². The van der Waals surface area contributed by atoms with Crippen LogP contribution in [0, 0.1) is 5.82 Å². The van der Waals surface area contributed by atoms with Gasteiger partial charge in [0.1, 0.15) is 5.82 Å². The zero-order chi connectivity index (χ0) is 13.0. The van der Waals surface area contributed by atoms with E-state index in [2.05, 4.69) is 0 Å². The van der Waals surface area contributed by atoms with Crippen LogP contribution in [0.4, 0.5) is 9.18 Å². The molecule has 0 aromatic heterocycles. The zero-order valence-corrected chi connectivity index (χ0v) is 10.7. The van der Waals surface area contributed by atoms with Gasteiger partial charge < -0.3 is 4.90 Å². The van der Waals surface area contributed by atoms with Crippen molar-refractivity contribution >= 4 is 22.8 Å². The number of hydrogen-bond acceptors (Lipinski definition) is 3. The summed E-state index contributed by atoms with van der Waals surface area (Å²) in [4.78, 5) is 24.9. The summed E-state index contributed by atoms with van der Waals surface area (Å²) in [5.41, 5.74) is 0.526. The lowest BCUT2D eigenvalue weighted by molar-refractivity contribution is 0.0976. The maximum Gasteiger partial charge on any atom is 0.281 e. The quantitative estimate of drug-likeness (QED) is 0.770. The molecule has 0 aliphatic carbocycles. The van der Waals surface area contributed by atoms with Crippen molar-refractivity contribution in [3.05, 3.63) is 35.6 Å². The summed E-state index contributed by atoms with van der Waals surface area (Å²) in [5, 5.41) is 0.101. The van der Waals surface area contributed by atoms with Gasteiger partial charge in [0, 0.05) is 30.8 Å². The summed E-state index contributed by atoms with van der Waals surface area (Å²) >= 11 is 1.32. The number of Topliss-reactive ketones (excluding diaryl/α,β-unsaturated/α-hetero) is 1. The lowest BCUT2D eigenvalue weighted by Crippen LogP contribution is -2.24. The Bertz CT molecular complexity index is 447. The van der Waals surface area contributed by atoms with Gasteiger partial charge in [-0.15, -0.1) is 0 Å². The fraction of sp³-hybridized carbons (Fsp3) is 0.385. The second-order valence-electron chi connectivity index (χ2n) is 4.14. The van der Waals surface area contributed by atoms with Crippen molar-refractivity contribution in [1.82, 2.24) is 4.90 Å². The smallest absolute Gasteiger partial charge is 0.281 e. The van der Waals surface area contributed by atoms with Crippen LogP contribution in [0.5, 0.6) is 0 Å². The van der Waals surface area contributed by atoms with E-state index in [1.165, 1.54) is 36.0 Å². The van der Waals surface area contributed by atoms with Gasteiger partial charge in [-0.1, -0.05) is 11.8 Å². The summed E-state index contributed by atoms with van der Waals surface area (Å²) in [6, 6.07) is 5.56. The number of rotatable bonds is 5. The van der Waals surface area contributed by atoms with Gasteiger partial charge in [-0.25, -0.2) is 4.39 Å². The molecule has 1 aliphatic rings. The molecule has 2 rings (SSSR count). The van der Waals surface area contributed by atoms with Crippen molar-refractivity contribution in [3.63, 3.8) is 0 Å². The highest BCUT2D eigenvalue weighted by Crippen LogP contribution is 2.18. The summed E-state index contributed by atoms with van der Waals surface area (Å²) in [5.74, 6) is 0.491. The average molecular weight is 267 g/mol. The number of benzene rings is 1. The molecule has 1 aliphatic heterocycles. The van der Waals surface area contributed by atoms with Crippen LogP contribution >= 0.6 is 11.8 Å². The molecule has 1 heterocycles. The highest BCUT2D eigenvalue weighted by molar-refractivity contribution is 8.13. The Kier molecular flexibility index (Phi) is 4.36. The molecule has 3 nitrogen and oxygen atoms in total. The molecule has 0 unspecified atom stereocenters. The van der Waals surface area contributed by atoms with E-state index in [9.17, 15) is 14.0 Å². The second kappa shape index (κ2) is 6.00. The van der Waals surface area contributed by atoms with Crippen LogP contribution in [-0.2, 0) is 0 Å². The molecule has 0 atom stereocenters. The van der Waals surface area contributed by atoms with Crippen molar-refractivity contribution < 1.29 is 14.0 Å². The number of nitrogens with zero attached hydrogens (tertiary/aromatic N) is 1. The predicted molar refractivity (Wildman–Crippen MR) is 69.4 cm³/mol. The minimum absolute atomic E-state index is 0.00528. The zero-order valence-electron chi connectivity index (χ0n) is 9.89. The van der Waals surface area contributed by atoms with Gasteiger partial charge in [-0.3, -0.25) is 9.59 Å². The van der Waals surface area contributed by atoms with E-state index in [4.69, 9.17) is 0 Å². The number of carbonyl (C=O) groups excluding carboxylic acids is 2. The molecular formula is C13H14FNO2S. The molecule has 0 saturated carbocycles. The van der Waals surface area contributed by atoms with Crippen molar-refractivity contribution in [2.75, 3.05) is 18.8 Å². The van der Waals surface area contributed by atoms with Crippen molar-refractivity contribution in [3.8, 4) is 0 Å². The third-order valence-corrected chi connectivity index (χ3v) is 3.73. The normalized spacial score (nSPS) is 15.2. The van der Waals surface area contributed by atoms with Crippen LogP contribution < -0.4 is 0 Å². The van der Waals surface area contributed by atoms with Gasteiger partial charge in [0.05, 0.1) is 0 Å². The minimum Gasteiger partial charge on any atom is -0.333 e. The third kappa shape index (κ3) is 3.32. The van der Waals surface area contributed by atoms with E-state index >= 15 is 0 Å². The molecule has 0 radical (unpaired) electrons. The molecule has 1 fully saturated rings. The number of hydrogen-bond donors (Lipinski definition) is 0. The second-order valence-corrected chi connectivity index (χ2v) is 5.18. The molecular weight excluding hydrogens is 253 g/mol. The van der Waals surface area contributed by atoms with Crippen LogP contribution in [0.1, 0.15) is 23.2 Å². The lowest BCUT2D eigenvalue weighted by atomic mass is 10.1. The first-order valence-electron chi connectivity index (χ1n) is 5.87. The predicted octanol–water partition coefficient (Wildman–Crippen LogP) is 2.96. The van der Waals surface area contributed by atoms with Gasteiger partial charge in [-0.2, -0.15) is 0 Å². The lowest BCUT2D eigenvalue weighted by Gasteiger charge is -2.13. The fourth-order valence-electron chi connectivity index (χ4n) is 1.84. The number of amides is 1. The van der Waals surface area contributed by atoms with Gasteiger partial charge in [0.15, 0.2) is 5.78 Å². The molecule has 1 aromatic carbocycles. The van der Waals surface area contributed by atoms with Crippen LogP contribution in [0.3, 0.4) is 0 Å². The summed E-state index contributed by atoms with van der Waals surface area (Å²) in [6.07, 6.45) is 1.04. The first-order chi connectivity index (χ1) is 8.66. The summed E-state index contributed by atoms with van der Waals surface area (Å²) < 4.78 is 12.7. The first-order valence-corrected chi connectivity index (χ1v) is 6.86. The summed E-state index contributed by atoms with van der Waals surface area (Å²) in [7, 11) is 0. The molecule has 1 saturated heterocycles. The van der Waals surface area contributed by atoms with E-state index in [0.717, 1.165) is 12.3 Å². The van der Waals surface area contributed by atoms with E-state index in [1.807, 2.05) is 0 Å². The Balaban J connectivity index is 1.78. The number of thioether (sulfide) groups is 1. The largest absolute Gasteiger partial charge is 0.333 e. The van der Waals surface area contributed by atoms with Gasteiger partial charge in [0.25, 0.3) is 5.24 Å². The van der Waals surface area contributed by atoms with Crippen LogP contribution in [0.25, 0.3) is 0 Å². The molecule has 96 valence electrons. The highest BCUT2D eigenvalue weighted by Gasteiger charge is 2.20. The molecule has 0 N–H and O–H groups in total. The molecule has 5 heteroatoms. The van der Waals surface area contributed by atoms with Crippen molar-refractivity contribution in [1.29, 1.82) is 0 Å². The molecule has 1 aromatic rings. The Labute approximate surface area is 109 Å². The van der Waals surface area contributed by atoms with Gasteiger partial charge in [0.2, 0.25) is 0 Å². The third-order valence-electron chi connectivity index (χ3n) is 2.84. The maximum absolute atomic E-state index is 12.7. The Morgan fingerprint density at radius 1 is 1.33 bits per heavy atom. The molecule has 18 heavy (non-hydrogen) atoms. The number of carbonyl (C=O) groups is 2. The van der Waals surface area contributed by atoms with E-state index < -0.39 is 0 Å². The number of ketones is 1. The van der Waals surface area contributed by atoms with E-state index in [1.54, 1.807) is 4.90 Å². The number of halogens is 1.